The SMILES string of the molecule is COc1ccccc1NS(=O)(=O)c1cc([N+](=O)[O-])ccc1N/N=C1\CCCc2ccccc21. The van der Waals surface area contributed by atoms with Gasteiger partial charge < -0.3 is 4.74 Å². The van der Waals surface area contributed by atoms with E-state index in [1.807, 2.05) is 24.3 Å². The molecule has 0 bridgehead atoms. The molecule has 0 heterocycles. The molecule has 0 aliphatic heterocycles. The zero-order chi connectivity index (χ0) is 23.4. The van der Waals surface area contributed by atoms with Crippen molar-refractivity contribution < 1.29 is 18.1 Å². The monoisotopic (exact) mass is 466 g/mol. The highest BCUT2D eigenvalue weighted by atomic mass is 32.2. The quantitative estimate of drug-likeness (QED) is 0.389. The van der Waals surface area contributed by atoms with Gasteiger partial charge in [0.25, 0.3) is 15.7 Å². The lowest BCUT2D eigenvalue weighted by molar-refractivity contribution is -0.385. The van der Waals surface area contributed by atoms with Crippen molar-refractivity contribution in [2.24, 2.45) is 5.10 Å². The van der Waals surface area contributed by atoms with Crippen LogP contribution in [0.2, 0.25) is 0 Å². The van der Waals surface area contributed by atoms with Gasteiger partial charge in [0.1, 0.15) is 10.6 Å². The number of fused-ring (bicyclic) bond motifs is 1. The van der Waals surface area contributed by atoms with E-state index in [0.29, 0.717) is 5.75 Å². The fraction of sp³-hybridized carbons (Fsp3) is 0.174. The molecule has 4 rings (SSSR count). The summed E-state index contributed by atoms with van der Waals surface area (Å²) in [5.41, 5.74) is 5.80. The summed E-state index contributed by atoms with van der Waals surface area (Å²) >= 11 is 0. The van der Waals surface area contributed by atoms with Gasteiger partial charge >= 0.3 is 0 Å². The van der Waals surface area contributed by atoms with Gasteiger partial charge in [-0.15, -0.1) is 0 Å². The Morgan fingerprint density at radius 3 is 2.55 bits per heavy atom. The van der Waals surface area contributed by atoms with Crippen molar-refractivity contribution in [1.82, 2.24) is 0 Å². The van der Waals surface area contributed by atoms with Crippen molar-refractivity contribution in [3.63, 3.8) is 0 Å². The number of ether oxygens (including phenoxy) is 1. The van der Waals surface area contributed by atoms with Gasteiger partial charge in [-0.3, -0.25) is 20.3 Å². The molecule has 0 radical (unpaired) electrons. The summed E-state index contributed by atoms with van der Waals surface area (Å²) in [5, 5.41) is 15.8. The van der Waals surface area contributed by atoms with Gasteiger partial charge in [0.15, 0.2) is 0 Å². The fourth-order valence-electron chi connectivity index (χ4n) is 3.71. The number of nitrogens with zero attached hydrogens (tertiary/aromatic N) is 2. The van der Waals surface area contributed by atoms with Crippen molar-refractivity contribution in [3.05, 3.63) is 88.0 Å². The summed E-state index contributed by atoms with van der Waals surface area (Å²) in [7, 11) is -2.79. The number of sulfonamides is 1. The van der Waals surface area contributed by atoms with Crippen molar-refractivity contribution in [2.75, 3.05) is 17.3 Å². The van der Waals surface area contributed by atoms with Gasteiger partial charge in [0, 0.05) is 17.7 Å². The Labute approximate surface area is 191 Å². The van der Waals surface area contributed by atoms with Gasteiger partial charge in [0.05, 0.1) is 29.1 Å². The minimum atomic E-state index is -4.21. The van der Waals surface area contributed by atoms with E-state index in [0.717, 1.165) is 36.6 Å². The van der Waals surface area contributed by atoms with Crippen LogP contribution in [-0.4, -0.2) is 26.2 Å². The van der Waals surface area contributed by atoms with Crippen LogP contribution in [0.25, 0.3) is 0 Å². The Morgan fingerprint density at radius 1 is 1.00 bits per heavy atom. The summed E-state index contributed by atoms with van der Waals surface area (Å²) in [6, 6.07) is 18.0. The molecule has 1 aliphatic carbocycles. The maximum absolute atomic E-state index is 13.2. The first-order valence-electron chi connectivity index (χ1n) is 10.2. The number of benzene rings is 3. The summed E-state index contributed by atoms with van der Waals surface area (Å²) < 4.78 is 34.1. The maximum atomic E-state index is 13.2. The number of anilines is 2. The Balaban J connectivity index is 1.72. The first-order valence-corrected chi connectivity index (χ1v) is 11.7. The lowest BCUT2D eigenvalue weighted by atomic mass is 9.90. The third-order valence-corrected chi connectivity index (χ3v) is 6.72. The number of methoxy groups -OCH3 is 1. The van der Waals surface area contributed by atoms with Crippen LogP contribution in [0.1, 0.15) is 24.0 Å². The minimum Gasteiger partial charge on any atom is -0.495 e. The highest BCUT2D eigenvalue weighted by Crippen LogP contribution is 2.31. The molecule has 1 aliphatic rings. The topological polar surface area (TPSA) is 123 Å². The lowest BCUT2D eigenvalue weighted by Crippen LogP contribution is -2.17. The van der Waals surface area contributed by atoms with E-state index < -0.39 is 14.9 Å². The van der Waals surface area contributed by atoms with Crippen LogP contribution in [0.4, 0.5) is 17.1 Å². The highest BCUT2D eigenvalue weighted by Gasteiger charge is 2.24. The normalized spacial score (nSPS) is 14.4. The van der Waals surface area contributed by atoms with Gasteiger partial charge in [-0.05, 0) is 43.0 Å². The van der Waals surface area contributed by atoms with Crippen LogP contribution < -0.4 is 14.9 Å². The molecule has 0 unspecified atom stereocenters. The molecule has 0 aromatic heterocycles. The van der Waals surface area contributed by atoms with E-state index in [2.05, 4.69) is 15.2 Å². The summed E-state index contributed by atoms with van der Waals surface area (Å²) in [4.78, 5) is 10.4. The Bertz CT molecular complexity index is 1340. The van der Waals surface area contributed by atoms with Crippen molar-refractivity contribution in [3.8, 4) is 5.75 Å². The van der Waals surface area contributed by atoms with Crippen molar-refractivity contribution in [2.45, 2.75) is 24.2 Å². The van der Waals surface area contributed by atoms with Crippen LogP contribution >= 0.6 is 0 Å². The van der Waals surface area contributed by atoms with Crippen LogP contribution in [-0.2, 0) is 16.4 Å². The number of hydrogen-bond acceptors (Lipinski definition) is 7. The van der Waals surface area contributed by atoms with E-state index in [1.165, 1.54) is 24.8 Å². The molecular formula is C23H22N4O5S. The second-order valence-electron chi connectivity index (χ2n) is 7.42. The Hall–Kier alpha value is -3.92. The smallest absolute Gasteiger partial charge is 0.270 e. The number of hydrazone groups is 1. The number of rotatable bonds is 7. The minimum absolute atomic E-state index is 0.124. The number of aryl methyl sites for hydroxylation is 1. The predicted octanol–water partition coefficient (Wildman–Crippen LogP) is 4.56. The van der Waals surface area contributed by atoms with E-state index in [-0.39, 0.29) is 22.0 Å². The molecule has 3 aromatic rings. The highest BCUT2D eigenvalue weighted by molar-refractivity contribution is 7.93. The van der Waals surface area contributed by atoms with Crippen molar-refractivity contribution >= 4 is 32.8 Å². The zero-order valence-electron chi connectivity index (χ0n) is 17.8. The predicted molar refractivity (Wildman–Crippen MR) is 126 cm³/mol. The first-order chi connectivity index (χ1) is 15.9. The second kappa shape index (κ2) is 9.29. The van der Waals surface area contributed by atoms with E-state index in [1.54, 1.807) is 24.3 Å². The largest absolute Gasteiger partial charge is 0.495 e. The lowest BCUT2D eigenvalue weighted by Gasteiger charge is -2.18. The second-order valence-corrected chi connectivity index (χ2v) is 9.08. The molecule has 10 heteroatoms. The van der Waals surface area contributed by atoms with Crippen LogP contribution in [0, 0.1) is 10.1 Å². The number of nitro benzene ring substituents is 1. The fourth-order valence-corrected chi connectivity index (χ4v) is 4.96. The number of nitrogens with one attached hydrogen (secondary N) is 2. The van der Waals surface area contributed by atoms with Gasteiger partial charge in [0.2, 0.25) is 0 Å². The molecule has 3 aromatic carbocycles. The number of non-ortho nitro benzene ring substituents is 1. The zero-order valence-corrected chi connectivity index (χ0v) is 18.6. The van der Waals surface area contributed by atoms with Gasteiger partial charge in [-0.2, -0.15) is 5.10 Å². The molecule has 33 heavy (non-hydrogen) atoms. The Kier molecular flexibility index (Phi) is 6.27. The maximum Gasteiger partial charge on any atom is 0.270 e. The van der Waals surface area contributed by atoms with Crippen molar-refractivity contribution in [1.29, 1.82) is 0 Å². The third-order valence-electron chi connectivity index (χ3n) is 5.32. The van der Waals surface area contributed by atoms with E-state index in [9.17, 15) is 18.5 Å². The van der Waals surface area contributed by atoms with Crippen LogP contribution in [0.3, 0.4) is 0 Å². The number of para-hydroxylation sites is 2. The molecule has 0 saturated heterocycles. The van der Waals surface area contributed by atoms with Crippen LogP contribution in [0.5, 0.6) is 5.75 Å². The third kappa shape index (κ3) is 4.80. The number of hydrogen-bond donors (Lipinski definition) is 2. The number of nitro groups is 1. The molecule has 9 nitrogen and oxygen atoms in total. The van der Waals surface area contributed by atoms with Crippen LogP contribution in [0.15, 0.2) is 76.7 Å². The molecule has 0 fully saturated rings. The Morgan fingerprint density at radius 2 is 1.76 bits per heavy atom. The average Bonchev–Trinajstić information content (AvgIpc) is 2.82. The molecule has 0 atom stereocenters. The molecular weight excluding hydrogens is 444 g/mol. The standard InChI is InChI=1S/C23H22N4O5S/c1-32-22-12-5-4-10-20(22)26-33(30,31)23-15-17(27(28)29)13-14-21(23)25-24-19-11-6-8-16-7-2-3-9-18(16)19/h2-5,7,9-10,12-15,25-26H,6,8,11H2,1H3/b24-19+. The summed E-state index contributed by atoms with van der Waals surface area (Å²) in [6.45, 7) is 0. The molecule has 170 valence electrons. The first kappa shape index (κ1) is 22.3. The summed E-state index contributed by atoms with van der Waals surface area (Å²) in [5.74, 6) is 0.320. The molecule has 2 N–H and O–H groups in total. The van der Waals surface area contributed by atoms with E-state index in [4.69, 9.17) is 4.74 Å². The van der Waals surface area contributed by atoms with Gasteiger partial charge in [-0.25, -0.2) is 8.42 Å². The average molecular weight is 467 g/mol. The molecule has 0 saturated carbocycles. The molecule has 0 amide bonds. The van der Waals surface area contributed by atoms with Gasteiger partial charge in [-0.1, -0.05) is 36.4 Å². The molecule has 0 spiro atoms. The summed E-state index contributed by atoms with van der Waals surface area (Å²) in [6.07, 6.45) is 2.62. The van der Waals surface area contributed by atoms with E-state index >= 15 is 0 Å².